The summed E-state index contributed by atoms with van der Waals surface area (Å²) in [6.45, 7) is 0. The van der Waals surface area contributed by atoms with Crippen LogP contribution in [0.3, 0.4) is 0 Å². The maximum atomic E-state index is 11.4. The molecular formula is C14H19N3OS. The minimum atomic E-state index is 0.0939. The molecule has 0 aliphatic carbocycles. The second kappa shape index (κ2) is 5.33. The van der Waals surface area contributed by atoms with Crippen molar-refractivity contribution in [3.8, 4) is 0 Å². The predicted octanol–water partition coefficient (Wildman–Crippen LogP) is 2.46. The number of hydrogen-bond donors (Lipinski definition) is 3. The molecule has 1 amide bonds. The van der Waals surface area contributed by atoms with Crippen LogP contribution >= 0.6 is 11.8 Å². The van der Waals surface area contributed by atoms with Crippen LogP contribution in [0.15, 0.2) is 12.1 Å². The van der Waals surface area contributed by atoms with Crippen LogP contribution in [0.5, 0.6) is 0 Å². The molecule has 4 nitrogen and oxygen atoms in total. The van der Waals surface area contributed by atoms with E-state index < -0.39 is 0 Å². The van der Waals surface area contributed by atoms with Crippen LogP contribution in [0.1, 0.15) is 24.8 Å². The molecule has 4 N–H and O–H groups in total. The van der Waals surface area contributed by atoms with Crippen LogP contribution in [-0.2, 0) is 11.2 Å². The van der Waals surface area contributed by atoms with E-state index >= 15 is 0 Å². The summed E-state index contributed by atoms with van der Waals surface area (Å²) in [7, 11) is 0. The van der Waals surface area contributed by atoms with E-state index in [4.69, 9.17) is 5.73 Å². The Morgan fingerprint density at radius 2 is 2.26 bits per heavy atom. The van der Waals surface area contributed by atoms with E-state index in [0.717, 1.165) is 34.8 Å². The number of carbonyl (C=O) groups excluding carboxylic acids is 1. The highest BCUT2D eigenvalue weighted by Crippen LogP contribution is 2.32. The normalized spacial score (nSPS) is 22.5. The number of nitrogens with two attached hydrogens (primary N) is 1. The molecule has 1 aromatic rings. The van der Waals surface area contributed by atoms with Crippen molar-refractivity contribution in [2.45, 2.75) is 31.7 Å². The molecule has 2 heterocycles. The lowest BCUT2D eigenvalue weighted by Gasteiger charge is -2.26. The third-order valence-corrected chi connectivity index (χ3v) is 4.91. The number of anilines is 3. The number of amides is 1. The van der Waals surface area contributed by atoms with Crippen LogP contribution in [0.25, 0.3) is 0 Å². The van der Waals surface area contributed by atoms with Crippen LogP contribution in [0.2, 0.25) is 0 Å². The molecule has 1 atom stereocenters. The molecule has 19 heavy (non-hydrogen) atoms. The first-order valence-corrected chi connectivity index (χ1v) is 7.94. The summed E-state index contributed by atoms with van der Waals surface area (Å²) in [6.07, 6.45) is 3.78. The molecule has 2 aliphatic heterocycles. The average molecular weight is 277 g/mol. The standard InChI is InChI=1S/C14H19N3OS/c15-11-6-9-3-4-14(18)17-12(9)7-13(11)16-10-2-1-5-19-8-10/h6-7,10,16H,1-5,8,15H2,(H,17,18). The number of carbonyl (C=O) groups is 1. The quantitative estimate of drug-likeness (QED) is 0.726. The molecule has 0 radical (unpaired) electrons. The minimum Gasteiger partial charge on any atom is -0.397 e. The topological polar surface area (TPSA) is 67.2 Å². The summed E-state index contributed by atoms with van der Waals surface area (Å²) in [5.41, 5.74) is 9.90. The van der Waals surface area contributed by atoms with Crippen molar-refractivity contribution in [2.75, 3.05) is 27.9 Å². The van der Waals surface area contributed by atoms with Crippen molar-refractivity contribution in [1.29, 1.82) is 0 Å². The van der Waals surface area contributed by atoms with E-state index in [1.165, 1.54) is 18.6 Å². The Labute approximate surface area is 117 Å². The molecule has 0 spiro atoms. The first kappa shape index (κ1) is 12.7. The summed E-state index contributed by atoms with van der Waals surface area (Å²) < 4.78 is 0. The predicted molar refractivity (Wildman–Crippen MR) is 81.8 cm³/mol. The SMILES string of the molecule is Nc1cc2c(cc1NC1CCCSC1)NC(=O)CC2. The van der Waals surface area contributed by atoms with Crippen molar-refractivity contribution in [3.05, 3.63) is 17.7 Å². The van der Waals surface area contributed by atoms with Gasteiger partial charge in [-0.15, -0.1) is 0 Å². The highest BCUT2D eigenvalue weighted by Gasteiger charge is 2.19. The third kappa shape index (κ3) is 2.81. The van der Waals surface area contributed by atoms with Crippen LogP contribution in [0.4, 0.5) is 17.1 Å². The lowest BCUT2D eigenvalue weighted by Crippen LogP contribution is -2.26. The maximum Gasteiger partial charge on any atom is 0.224 e. The molecule has 2 aliphatic rings. The summed E-state index contributed by atoms with van der Waals surface area (Å²) in [5.74, 6) is 2.48. The molecule has 102 valence electrons. The fraction of sp³-hybridized carbons (Fsp3) is 0.500. The zero-order chi connectivity index (χ0) is 13.2. The Kier molecular flexibility index (Phi) is 3.55. The first-order chi connectivity index (χ1) is 9.22. The van der Waals surface area contributed by atoms with Gasteiger partial charge in [-0.05, 0) is 42.7 Å². The lowest BCUT2D eigenvalue weighted by atomic mass is 10.0. The number of nitrogen functional groups attached to an aromatic ring is 1. The first-order valence-electron chi connectivity index (χ1n) is 6.79. The van der Waals surface area contributed by atoms with Gasteiger partial charge in [-0.3, -0.25) is 4.79 Å². The molecule has 1 fully saturated rings. The average Bonchev–Trinajstić information content (AvgIpc) is 2.41. The summed E-state index contributed by atoms with van der Waals surface area (Å²) >= 11 is 1.98. The number of rotatable bonds is 2. The van der Waals surface area contributed by atoms with Gasteiger partial charge in [0, 0.05) is 23.9 Å². The zero-order valence-electron chi connectivity index (χ0n) is 10.9. The number of nitrogens with one attached hydrogen (secondary N) is 2. The number of hydrogen-bond acceptors (Lipinski definition) is 4. The summed E-state index contributed by atoms with van der Waals surface area (Å²) in [6, 6.07) is 4.46. The van der Waals surface area contributed by atoms with Gasteiger partial charge >= 0.3 is 0 Å². The highest BCUT2D eigenvalue weighted by molar-refractivity contribution is 7.99. The van der Waals surface area contributed by atoms with E-state index in [1.54, 1.807) is 0 Å². The van der Waals surface area contributed by atoms with Gasteiger partial charge < -0.3 is 16.4 Å². The molecular weight excluding hydrogens is 258 g/mol. The summed E-state index contributed by atoms with van der Waals surface area (Å²) in [4.78, 5) is 11.4. The van der Waals surface area contributed by atoms with Gasteiger partial charge in [-0.1, -0.05) is 0 Å². The Morgan fingerprint density at radius 1 is 1.37 bits per heavy atom. The van der Waals surface area contributed by atoms with Crippen LogP contribution in [-0.4, -0.2) is 23.5 Å². The molecule has 1 unspecified atom stereocenters. The molecule has 0 bridgehead atoms. The fourth-order valence-electron chi connectivity index (χ4n) is 2.65. The van der Waals surface area contributed by atoms with E-state index in [1.807, 2.05) is 23.9 Å². The molecule has 1 aromatic carbocycles. The largest absolute Gasteiger partial charge is 0.397 e. The third-order valence-electron chi connectivity index (χ3n) is 3.69. The van der Waals surface area contributed by atoms with Gasteiger partial charge in [0.05, 0.1) is 11.4 Å². The minimum absolute atomic E-state index is 0.0939. The second-order valence-corrected chi connectivity index (χ2v) is 6.35. The van der Waals surface area contributed by atoms with Gasteiger partial charge in [0.1, 0.15) is 0 Å². The molecule has 0 saturated carbocycles. The van der Waals surface area contributed by atoms with Crippen LogP contribution in [0, 0.1) is 0 Å². The van der Waals surface area contributed by atoms with Crippen molar-refractivity contribution in [3.63, 3.8) is 0 Å². The van der Waals surface area contributed by atoms with Gasteiger partial charge in [-0.2, -0.15) is 11.8 Å². The van der Waals surface area contributed by atoms with Crippen molar-refractivity contribution in [1.82, 2.24) is 0 Å². The highest BCUT2D eigenvalue weighted by atomic mass is 32.2. The van der Waals surface area contributed by atoms with E-state index in [0.29, 0.717) is 12.5 Å². The Balaban J connectivity index is 1.80. The molecule has 0 aromatic heterocycles. The Morgan fingerprint density at radius 3 is 3.05 bits per heavy atom. The van der Waals surface area contributed by atoms with Gasteiger partial charge in [0.15, 0.2) is 0 Å². The van der Waals surface area contributed by atoms with Crippen molar-refractivity contribution >= 4 is 34.7 Å². The fourth-order valence-corrected chi connectivity index (χ4v) is 3.72. The Hall–Kier alpha value is -1.36. The molecule has 5 heteroatoms. The Bertz CT molecular complexity index is 498. The smallest absolute Gasteiger partial charge is 0.224 e. The number of benzene rings is 1. The van der Waals surface area contributed by atoms with E-state index in [9.17, 15) is 4.79 Å². The lowest BCUT2D eigenvalue weighted by molar-refractivity contribution is -0.116. The van der Waals surface area contributed by atoms with E-state index in [-0.39, 0.29) is 5.91 Å². The van der Waals surface area contributed by atoms with Gasteiger partial charge in [-0.25, -0.2) is 0 Å². The van der Waals surface area contributed by atoms with Crippen molar-refractivity contribution < 1.29 is 4.79 Å². The number of thioether (sulfide) groups is 1. The van der Waals surface area contributed by atoms with Gasteiger partial charge in [0.2, 0.25) is 5.91 Å². The van der Waals surface area contributed by atoms with E-state index in [2.05, 4.69) is 10.6 Å². The second-order valence-electron chi connectivity index (χ2n) is 5.20. The molecule has 1 saturated heterocycles. The maximum absolute atomic E-state index is 11.4. The van der Waals surface area contributed by atoms with Crippen molar-refractivity contribution in [2.24, 2.45) is 0 Å². The van der Waals surface area contributed by atoms with Crippen LogP contribution < -0.4 is 16.4 Å². The number of aryl methyl sites for hydroxylation is 1. The molecule has 3 rings (SSSR count). The monoisotopic (exact) mass is 277 g/mol. The number of fused-ring (bicyclic) bond motifs is 1. The zero-order valence-corrected chi connectivity index (χ0v) is 11.7. The van der Waals surface area contributed by atoms with Gasteiger partial charge in [0.25, 0.3) is 0 Å². The summed E-state index contributed by atoms with van der Waals surface area (Å²) in [5, 5.41) is 6.44.